The number of hydrogen-bond acceptors (Lipinski definition) is 4. The van der Waals surface area contributed by atoms with Crippen molar-refractivity contribution in [2.45, 2.75) is 19.8 Å². The van der Waals surface area contributed by atoms with Crippen molar-refractivity contribution in [2.24, 2.45) is 5.92 Å². The number of hydrogen-bond donors (Lipinski definition) is 3. The van der Waals surface area contributed by atoms with Crippen LogP contribution < -0.4 is 20.9 Å². The molecule has 3 amide bonds. The molecule has 172 valence electrons. The smallest absolute Gasteiger partial charge is 0.323 e. The first-order valence-corrected chi connectivity index (χ1v) is 10.9. The van der Waals surface area contributed by atoms with Crippen molar-refractivity contribution in [3.8, 4) is 0 Å². The highest BCUT2D eigenvalue weighted by molar-refractivity contribution is 6.31. The van der Waals surface area contributed by atoms with E-state index < -0.39 is 11.8 Å². The van der Waals surface area contributed by atoms with Crippen molar-refractivity contribution in [2.75, 3.05) is 48.9 Å². The lowest BCUT2D eigenvalue weighted by atomic mass is 9.98. The average molecular weight is 463 g/mol. The van der Waals surface area contributed by atoms with Crippen molar-refractivity contribution < 1.29 is 18.7 Å². The lowest BCUT2D eigenvalue weighted by molar-refractivity contribution is 0.0937. The minimum absolute atomic E-state index is 0.0852. The van der Waals surface area contributed by atoms with Gasteiger partial charge in [-0.25, -0.2) is 9.18 Å². The van der Waals surface area contributed by atoms with Crippen molar-refractivity contribution in [1.29, 1.82) is 0 Å². The van der Waals surface area contributed by atoms with Gasteiger partial charge < -0.3 is 25.6 Å². The van der Waals surface area contributed by atoms with Gasteiger partial charge in [0.05, 0.1) is 17.2 Å². The maximum atomic E-state index is 13.3. The first kappa shape index (κ1) is 23.8. The number of methoxy groups -OCH3 is 1. The third kappa shape index (κ3) is 6.34. The molecule has 3 N–H and O–H groups in total. The van der Waals surface area contributed by atoms with Crippen LogP contribution in [0.15, 0.2) is 36.4 Å². The van der Waals surface area contributed by atoms with Gasteiger partial charge in [0.25, 0.3) is 5.91 Å². The highest BCUT2D eigenvalue weighted by Crippen LogP contribution is 2.29. The van der Waals surface area contributed by atoms with Gasteiger partial charge in [-0.3, -0.25) is 4.79 Å². The first-order valence-electron chi connectivity index (χ1n) is 10.6. The summed E-state index contributed by atoms with van der Waals surface area (Å²) in [6.45, 7) is 4.77. The largest absolute Gasteiger partial charge is 0.383 e. The highest BCUT2D eigenvalue weighted by Gasteiger charge is 2.22. The van der Waals surface area contributed by atoms with E-state index >= 15 is 0 Å². The Morgan fingerprint density at radius 2 is 1.78 bits per heavy atom. The highest BCUT2D eigenvalue weighted by atomic mass is 35.5. The Hall–Kier alpha value is -2.84. The molecule has 2 aromatic rings. The number of urea groups is 1. The van der Waals surface area contributed by atoms with Gasteiger partial charge >= 0.3 is 6.03 Å². The van der Waals surface area contributed by atoms with Gasteiger partial charge in [-0.05, 0) is 55.2 Å². The van der Waals surface area contributed by atoms with Crippen molar-refractivity contribution in [3.05, 3.63) is 52.8 Å². The van der Waals surface area contributed by atoms with E-state index in [1.54, 1.807) is 19.2 Å². The Balaban J connectivity index is 1.76. The van der Waals surface area contributed by atoms with E-state index in [1.165, 1.54) is 18.2 Å². The molecule has 0 aromatic heterocycles. The van der Waals surface area contributed by atoms with E-state index in [0.717, 1.165) is 31.6 Å². The van der Waals surface area contributed by atoms with Gasteiger partial charge in [0, 0.05) is 43.8 Å². The Labute approximate surface area is 192 Å². The maximum absolute atomic E-state index is 13.3. The summed E-state index contributed by atoms with van der Waals surface area (Å²) in [5, 5.41) is 8.08. The summed E-state index contributed by atoms with van der Waals surface area (Å²) in [5.74, 6) is -0.135. The van der Waals surface area contributed by atoms with Crippen molar-refractivity contribution in [1.82, 2.24) is 5.32 Å². The molecule has 32 heavy (non-hydrogen) atoms. The minimum Gasteiger partial charge on any atom is -0.383 e. The SMILES string of the molecule is COCCNC(=O)c1cc(NC(=O)Nc2ccc(F)c(Cl)c2)ccc1N1CCC(C)CC1. The molecule has 0 saturated carbocycles. The lowest BCUT2D eigenvalue weighted by Gasteiger charge is -2.33. The topological polar surface area (TPSA) is 82.7 Å². The zero-order valence-electron chi connectivity index (χ0n) is 18.2. The summed E-state index contributed by atoms with van der Waals surface area (Å²) in [6, 6.07) is 8.66. The molecule has 3 rings (SSSR count). The van der Waals surface area contributed by atoms with Crippen LogP contribution in [0, 0.1) is 11.7 Å². The molecule has 0 atom stereocenters. The second kappa shape index (κ2) is 11.2. The molecule has 0 spiro atoms. The normalized spacial score (nSPS) is 14.2. The summed E-state index contributed by atoms with van der Waals surface area (Å²) in [7, 11) is 1.57. The average Bonchev–Trinajstić information content (AvgIpc) is 2.77. The number of carbonyl (C=O) groups is 2. The van der Waals surface area contributed by atoms with Crippen LogP contribution in [0.3, 0.4) is 0 Å². The zero-order chi connectivity index (χ0) is 23.1. The standard InChI is InChI=1S/C23H28ClFN4O3/c1-15-7-10-29(11-8-15)21-6-4-16(13-18(21)22(30)26-9-12-32-2)27-23(31)28-17-3-5-20(25)19(24)14-17/h3-6,13-15H,7-12H2,1-2H3,(H,26,30)(H2,27,28,31). The predicted octanol–water partition coefficient (Wildman–Crippen LogP) is 4.74. The molecular weight excluding hydrogens is 435 g/mol. The van der Waals surface area contributed by atoms with Crippen molar-refractivity contribution >= 4 is 40.6 Å². The Kier molecular flexibility index (Phi) is 8.30. The van der Waals surface area contributed by atoms with E-state index in [9.17, 15) is 14.0 Å². The minimum atomic E-state index is -0.565. The number of benzene rings is 2. The number of amides is 3. The molecule has 1 saturated heterocycles. The zero-order valence-corrected chi connectivity index (χ0v) is 19.0. The summed E-state index contributed by atoms with van der Waals surface area (Å²) in [6.07, 6.45) is 2.13. The van der Waals surface area contributed by atoms with Gasteiger partial charge in [-0.1, -0.05) is 18.5 Å². The van der Waals surface area contributed by atoms with Crippen LogP contribution in [0.5, 0.6) is 0 Å². The van der Waals surface area contributed by atoms with E-state index in [2.05, 4.69) is 27.8 Å². The summed E-state index contributed by atoms with van der Waals surface area (Å²) in [5.41, 5.74) is 2.13. The summed E-state index contributed by atoms with van der Waals surface area (Å²) < 4.78 is 18.3. The van der Waals surface area contributed by atoms with E-state index in [0.29, 0.717) is 36.0 Å². The fraction of sp³-hybridized carbons (Fsp3) is 0.391. The molecule has 1 fully saturated rings. The predicted molar refractivity (Wildman–Crippen MR) is 125 cm³/mol. The number of nitrogens with zero attached hydrogens (tertiary/aromatic N) is 1. The number of ether oxygens (including phenoxy) is 1. The van der Waals surface area contributed by atoms with Gasteiger partial charge in [0.15, 0.2) is 0 Å². The molecule has 7 nitrogen and oxygen atoms in total. The number of halogens is 2. The second-order valence-corrected chi connectivity index (χ2v) is 8.27. The molecule has 0 radical (unpaired) electrons. The molecular formula is C23H28ClFN4O3. The molecule has 1 heterocycles. The maximum Gasteiger partial charge on any atom is 0.323 e. The van der Waals surface area contributed by atoms with Crippen LogP contribution in [0.2, 0.25) is 5.02 Å². The number of nitrogens with one attached hydrogen (secondary N) is 3. The van der Waals surface area contributed by atoms with E-state index in [-0.39, 0.29) is 10.9 Å². The van der Waals surface area contributed by atoms with Crippen LogP contribution in [0.4, 0.5) is 26.2 Å². The van der Waals surface area contributed by atoms with E-state index in [4.69, 9.17) is 16.3 Å². The molecule has 1 aliphatic rings. The van der Waals surface area contributed by atoms with Crippen LogP contribution in [-0.4, -0.2) is 45.3 Å². The second-order valence-electron chi connectivity index (χ2n) is 7.86. The van der Waals surface area contributed by atoms with Crippen LogP contribution in [-0.2, 0) is 4.74 Å². The number of piperidine rings is 1. The van der Waals surface area contributed by atoms with E-state index in [1.807, 2.05) is 6.07 Å². The molecule has 1 aliphatic heterocycles. The lowest BCUT2D eigenvalue weighted by Crippen LogP contribution is -2.35. The fourth-order valence-corrected chi connectivity index (χ4v) is 3.73. The third-order valence-electron chi connectivity index (χ3n) is 5.39. The number of rotatable bonds is 7. The molecule has 0 bridgehead atoms. The molecule has 2 aromatic carbocycles. The number of carbonyl (C=O) groups excluding carboxylic acids is 2. The Morgan fingerprint density at radius 3 is 2.44 bits per heavy atom. The quantitative estimate of drug-likeness (QED) is 0.519. The first-order chi connectivity index (χ1) is 15.4. The van der Waals surface area contributed by atoms with Gasteiger partial charge in [-0.15, -0.1) is 0 Å². The summed E-state index contributed by atoms with van der Waals surface area (Å²) >= 11 is 5.76. The monoisotopic (exact) mass is 462 g/mol. The molecule has 0 aliphatic carbocycles. The fourth-order valence-electron chi connectivity index (χ4n) is 3.55. The van der Waals surface area contributed by atoms with Gasteiger partial charge in [0.1, 0.15) is 5.82 Å². The van der Waals surface area contributed by atoms with Crippen LogP contribution in [0.25, 0.3) is 0 Å². The Bertz CT molecular complexity index is 964. The van der Waals surface area contributed by atoms with Crippen LogP contribution >= 0.6 is 11.6 Å². The van der Waals surface area contributed by atoms with Crippen molar-refractivity contribution in [3.63, 3.8) is 0 Å². The van der Waals surface area contributed by atoms with Gasteiger partial charge in [-0.2, -0.15) is 0 Å². The Morgan fingerprint density at radius 1 is 1.12 bits per heavy atom. The summed E-state index contributed by atoms with van der Waals surface area (Å²) in [4.78, 5) is 27.5. The number of anilines is 3. The van der Waals surface area contributed by atoms with Gasteiger partial charge in [0.2, 0.25) is 0 Å². The third-order valence-corrected chi connectivity index (χ3v) is 5.68. The van der Waals surface area contributed by atoms with Crippen LogP contribution in [0.1, 0.15) is 30.1 Å². The molecule has 9 heteroatoms. The molecule has 0 unspecified atom stereocenters.